The molecule has 8 heteroatoms. The lowest BCUT2D eigenvalue weighted by Crippen LogP contribution is -2.38. The summed E-state index contributed by atoms with van der Waals surface area (Å²) in [6, 6.07) is 13.3. The first-order valence-corrected chi connectivity index (χ1v) is 10.9. The van der Waals surface area contributed by atoms with Gasteiger partial charge in [0.2, 0.25) is 0 Å². The Morgan fingerprint density at radius 3 is 2.91 bits per heavy atom. The molecule has 8 nitrogen and oxygen atoms in total. The highest BCUT2D eigenvalue weighted by atomic mass is 16.5. The topological polar surface area (TPSA) is 89.1 Å². The molecule has 32 heavy (non-hydrogen) atoms. The van der Waals surface area contributed by atoms with E-state index in [4.69, 9.17) is 14.2 Å². The molecule has 0 spiro atoms. The Balaban J connectivity index is 1.25. The molecule has 2 amide bonds. The smallest absolute Gasteiger partial charge is 0.262 e. The number of hydrogen-bond acceptors (Lipinski definition) is 6. The van der Waals surface area contributed by atoms with Gasteiger partial charge in [0.1, 0.15) is 18.1 Å². The standard InChI is InChI=1S/C24H29N3O5/c1-27(19-7-10-30-11-8-19)9-12-31-20-4-2-3-17(13-20)15-25-24(29)18-5-6-21-22(14-18)32-16-23(28)26-21/h2-6,13-14,19H,7-12,15-16H2,1H3,(H,25,29)(H,26,28). The third-order valence-corrected chi connectivity index (χ3v) is 5.76. The highest BCUT2D eigenvalue weighted by Gasteiger charge is 2.19. The number of nitrogens with zero attached hydrogens (tertiary/aromatic N) is 1. The number of carbonyl (C=O) groups is 2. The Morgan fingerprint density at radius 1 is 1.22 bits per heavy atom. The molecule has 0 radical (unpaired) electrons. The quantitative estimate of drug-likeness (QED) is 0.657. The molecule has 2 aliphatic heterocycles. The molecule has 0 atom stereocenters. The number of rotatable bonds is 8. The van der Waals surface area contributed by atoms with Gasteiger partial charge in [-0.2, -0.15) is 0 Å². The summed E-state index contributed by atoms with van der Waals surface area (Å²) in [7, 11) is 2.13. The monoisotopic (exact) mass is 439 g/mol. The molecule has 1 fully saturated rings. The number of likely N-dealkylation sites (N-methyl/N-ethyl adjacent to an activating group) is 1. The summed E-state index contributed by atoms with van der Waals surface area (Å²) < 4.78 is 16.7. The SMILES string of the molecule is CN(CCOc1cccc(CNC(=O)c2ccc3c(c2)OCC(=O)N3)c1)C1CCOCC1. The minimum atomic E-state index is -0.210. The fourth-order valence-corrected chi connectivity index (χ4v) is 3.86. The van der Waals surface area contributed by atoms with Crippen LogP contribution < -0.4 is 20.1 Å². The van der Waals surface area contributed by atoms with Crippen LogP contribution in [0.25, 0.3) is 0 Å². The summed E-state index contributed by atoms with van der Waals surface area (Å²) in [5, 5.41) is 5.63. The maximum absolute atomic E-state index is 12.6. The summed E-state index contributed by atoms with van der Waals surface area (Å²) in [5.41, 5.74) is 2.00. The minimum absolute atomic E-state index is 0.0459. The summed E-state index contributed by atoms with van der Waals surface area (Å²) in [5.74, 6) is 0.873. The molecule has 0 aliphatic carbocycles. The first kappa shape index (κ1) is 22.1. The number of hydrogen-bond donors (Lipinski definition) is 2. The molecule has 0 aromatic heterocycles. The van der Waals surface area contributed by atoms with Gasteiger partial charge in [-0.1, -0.05) is 12.1 Å². The fraction of sp³-hybridized carbons (Fsp3) is 0.417. The first-order valence-electron chi connectivity index (χ1n) is 10.9. The van der Waals surface area contributed by atoms with E-state index in [0.29, 0.717) is 36.2 Å². The number of carbonyl (C=O) groups excluding carboxylic acids is 2. The van der Waals surface area contributed by atoms with Crippen LogP contribution in [-0.2, 0) is 16.1 Å². The van der Waals surface area contributed by atoms with Crippen molar-refractivity contribution in [3.63, 3.8) is 0 Å². The van der Waals surface area contributed by atoms with Crippen molar-refractivity contribution in [2.24, 2.45) is 0 Å². The van der Waals surface area contributed by atoms with Crippen molar-refractivity contribution in [1.82, 2.24) is 10.2 Å². The molecule has 2 aromatic rings. The summed E-state index contributed by atoms with van der Waals surface area (Å²) >= 11 is 0. The Hall–Kier alpha value is -3.10. The second kappa shape index (κ2) is 10.5. The molecule has 2 aliphatic rings. The van der Waals surface area contributed by atoms with Gasteiger partial charge >= 0.3 is 0 Å². The Labute approximate surface area is 187 Å². The molecule has 0 bridgehead atoms. The molecule has 170 valence electrons. The van der Waals surface area contributed by atoms with Gasteiger partial charge in [-0.05, 0) is 55.8 Å². The summed E-state index contributed by atoms with van der Waals surface area (Å²) in [6.45, 7) is 3.46. The van der Waals surface area contributed by atoms with E-state index in [1.165, 1.54) is 0 Å². The maximum atomic E-state index is 12.6. The maximum Gasteiger partial charge on any atom is 0.262 e. The van der Waals surface area contributed by atoms with Crippen LogP contribution in [0.2, 0.25) is 0 Å². The van der Waals surface area contributed by atoms with Crippen molar-refractivity contribution in [2.45, 2.75) is 25.4 Å². The van der Waals surface area contributed by atoms with Crippen LogP contribution in [0, 0.1) is 0 Å². The highest BCUT2D eigenvalue weighted by Crippen LogP contribution is 2.28. The Kier molecular flexibility index (Phi) is 7.24. The van der Waals surface area contributed by atoms with E-state index in [2.05, 4.69) is 22.6 Å². The third-order valence-electron chi connectivity index (χ3n) is 5.76. The van der Waals surface area contributed by atoms with Crippen LogP contribution >= 0.6 is 0 Å². The van der Waals surface area contributed by atoms with Gasteiger partial charge in [-0.3, -0.25) is 14.5 Å². The van der Waals surface area contributed by atoms with E-state index in [0.717, 1.165) is 43.9 Å². The minimum Gasteiger partial charge on any atom is -0.492 e. The Morgan fingerprint density at radius 2 is 2.06 bits per heavy atom. The van der Waals surface area contributed by atoms with Crippen LogP contribution in [-0.4, -0.2) is 62.8 Å². The molecule has 2 N–H and O–H groups in total. The Bertz CT molecular complexity index is 958. The molecule has 0 unspecified atom stereocenters. The average Bonchev–Trinajstić information content (AvgIpc) is 2.83. The van der Waals surface area contributed by atoms with Crippen molar-refractivity contribution in [3.05, 3.63) is 53.6 Å². The zero-order valence-electron chi connectivity index (χ0n) is 18.3. The van der Waals surface area contributed by atoms with E-state index in [1.807, 2.05) is 24.3 Å². The molecule has 1 saturated heterocycles. The van der Waals surface area contributed by atoms with Crippen LogP contribution in [0.15, 0.2) is 42.5 Å². The molecule has 2 aromatic carbocycles. The van der Waals surface area contributed by atoms with Crippen LogP contribution in [0.3, 0.4) is 0 Å². The zero-order chi connectivity index (χ0) is 22.3. The zero-order valence-corrected chi connectivity index (χ0v) is 18.3. The molecular formula is C24H29N3O5. The number of amides is 2. The normalized spacial score (nSPS) is 16.1. The van der Waals surface area contributed by atoms with Crippen molar-refractivity contribution >= 4 is 17.5 Å². The van der Waals surface area contributed by atoms with Crippen LogP contribution in [0.5, 0.6) is 11.5 Å². The molecular weight excluding hydrogens is 410 g/mol. The van der Waals surface area contributed by atoms with E-state index in [9.17, 15) is 9.59 Å². The van der Waals surface area contributed by atoms with Gasteiger partial charge in [0, 0.05) is 37.9 Å². The van der Waals surface area contributed by atoms with Crippen LogP contribution in [0.4, 0.5) is 5.69 Å². The third kappa shape index (κ3) is 5.77. The first-order chi connectivity index (χ1) is 15.6. The lowest BCUT2D eigenvalue weighted by molar-refractivity contribution is -0.118. The number of ether oxygens (including phenoxy) is 3. The van der Waals surface area contributed by atoms with Gasteiger partial charge in [0.15, 0.2) is 6.61 Å². The van der Waals surface area contributed by atoms with E-state index in [1.54, 1.807) is 18.2 Å². The van der Waals surface area contributed by atoms with E-state index >= 15 is 0 Å². The van der Waals surface area contributed by atoms with E-state index in [-0.39, 0.29) is 18.4 Å². The lowest BCUT2D eigenvalue weighted by atomic mass is 10.1. The number of benzene rings is 2. The van der Waals surface area contributed by atoms with Gasteiger partial charge in [0.05, 0.1) is 5.69 Å². The van der Waals surface area contributed by atoms with Gasteiger partial charge < -0.3 is 24.8 Å². The van der Waals surface area contributed by atoms with Crippen molar-refractivity contribution in [2.75, 3.05) is 45.3 Å². The second-order valence-corrected chi connectivity index (χ2v) is 8.05. The van der Waals surface area contributed by atoms with Crippen molar-refractivity contribution < 1.29 is 23.8 Å². The molecule has 2 heterocycles. The predicted octanol–water partition coefficient (Wildman–Crippen LogP) is 2.44. The summed E-state index contributed by atoms with van der Waals surface area (Å²) in [6.07, 6.45) is 2.13. The fourth-order valence-electron chi connectivity index (χ4n) is 3.86. The van der Waals surface area contributed by atoms with Gasteiger partial charge in [-0.15, -0.1) is 0 Å². The predicted molar refractivity (Wildman–Crippen MR) is 120 cm³/mol. The van der Waals surface area contributed by atoms with Crippen molar-refractivity contribution in [1.29, 1.82) is 0 Å². The summed E-state index contributed by atoms with van der Waals surface area (Å²) in [4.78, 5) is 26.3. The largest absolute Gasteiger partial charge is 0.492 e. The number of nitrogens with one attached hydrogen (secondary N) is 2. The molecule has 0 saturated carbocycles. The van der Waals surface area contributed by atoms with Gasteiger partial charge in [0.25, 0.3) is 11.8 Å². The second-order valence-electron chi connectivity index (χ2n) is 8.05. The van der Waals surface area contributed by atoms with Crippen LogP contribution in [0.1, 0.15) is 28.8 Å². The van der Waals surface area contributed by atoms with Gasteiger partial charge in [-0.25, -0.2) is 0 Å². The molecule has 4 rings (SSSR count). The number of fused-ring (bicyclic) bond motifs is 1. The average molecular weight is 440 g/mol. The van der Waals surface area contributed by atoms with E-state index < -0.39 is 0 Å². The lowest BCUT2D eigenvalue weighted by Gasteiger charge is -2.31. The number of anilines is 1. The van der Waals surface area contributed by atoms with Crippen molar-refractivity contribution in [3.8, 4) is 11.5 Å². The highest BCUT2D eigenvalue weighted by molar-refractivity contribution is 5.98.